The highest BCUT2D eigenvalue weighted by atomic mass is 16.5. The first kappa shape index (κ1) is 11.6. The van der Waals surface area contributed by atoms with Crippen molar-refractivity contribution < 1.29 is 4.74 Å². The summed E-state index contributed by atoms with van der Waals surface area (Å²) in [5, 5.41) is 0. The van der Waals surface area contributed by atoms with E-state index >= 15 is 0 Å². The highest BCUT2D eigenvalue weighted by Crippen LogP contribution is 2.27. The molecule has 0 heterocycles. The van der Waals surface area contributed by atoms with Crippen molar-refractivity contribution in [2.75, 3.05) is 0 Å². The van der Waals surface area contributed by atoms with Crippen molar-refractivity contribution >= 4 is 0 Å². The topological polar surface area (TPSA) is 43.4 Å². The van der Waals surface area contributed by atoms with Gasteiger partial charge in [-0.25, -0.2) is 0 Å². The van der Waals surface area contributed by atoms with E-state index < -0.39 is 16.5 Å². The number of benzene rings is 1. The van der Waals surface area contributed by atoms with E-state index in [1.165, 1.54) is 0 Å². The average molecular weight is 230 g/mol. The first-order valence-electron chi connectivity index (χ1n) is 5.48. The fourth-order valence-electron chi connectivity index (χ4n) is 1.64. The zero-order valence-electron chi connectivity index (χ0n) is 10.1. The molecule has 3 nitrogen and oxygen atoms in total. The van der Waals surface area contributed by atoms with Crippen LogP contribution in [0.2, 0.25) is 0 Å². The van der Waals surface area contributed by atoms with Gasteiger partial charge in [-0.1, -0.05) is 30.3 Å². The molecular weight excluding hydrogens is 216 g/mol. The molecule has 0 aliphatic rings. The van der Waals surface area contributed by atoms with E-state index in [0.717, 1.165) is 5.56 Å². The van der Waals surface area contributed by atoms with Crippen molar-refractivity contribution in [2.24, 2.45) is 0 Å². The predicted molar refractivity (Wildman–Crippen MR) is 67.2 cm³/mol. The van der Waals surface area contributed by atoms with E-state index in [4.69, 9.17) is 4.74 Å². The highest BCUT2D eigenvalue weighted by molar-refractivity contribution is 5.73. The standard InChI is InChI=1S/C14H14O3/c1-14(2,3)17-13-10(11(15)12(13)16)9-7-5-4-6-8-9/h4-8H,1-3H3. The molecule has 0 bridgehead atoms. The number of ether oxygens (including phenoxy) is 1. The van der Waals surface area contributed by atoms with Crippen LogP contribution in [-0.2, 0) is 0 Å². The van der Waals surface area contributed by atoms with Crippen LogP contribution >= 0.6 is 0 Å². The summed E-state index contributed by atoms with van der Waals surface area (Å²) in [5.74, 6) is 0.189. The largest absolute Gasteiger partial charge is 0.483 e. The summed E-state index contributed by atoms with van der Waals surface area (Å²) in [7, 11) is 0. The van der Waals surface area contributed by atoms with Gasteiger partial charge in [0, 0.05) is 0 Å². The Morgan fingerprint density at radius 1 is 0.941 bits per heavy atom. The molecule has 3 heteroatoms. The summed E-state index contributed by atoms with van der Waals surface area (Å²) in [5.41, 5.74) is -0.345. The molecule has 0 radical (unpaired) electrons. The van der Waals surface area contributed by atoms with Crippen LogP contribution in [0.3, 0.4) is 0 Å². The lowest BCUT2D eigenvalue weighted by atomic mass is 9.99. The zero-order chi connectivity index (χ0) is 12.6. The Kier molecular flexibility index (Phi) is 2.62. The van der Waals surface area contributed by atoms with Gasteiger partial charge in [-0.2, -0.15) is 0 Å². The van der Waals surface area contributed by atoms with E-state index in [1.54, 1.807) is 12.1 Å². The molecule has 0 aliphatic carbocycles. The lowest BCUT2D eigenvalue weighted by Gasteiger charge is -2.23. The van der Waals surface area contributed by atoms with Gasteiger partial charge in [0.25, 0.3) is 5.43 Å². The monoisotopic (exact) mass is 230 g/mol. The summed E-state index contributed by atoms with van der Waals surface area (Å²) < 4.78 is 5.53. The van der Waals surface area contributed by atoms with Gasteiger partial charge in [0.2, 0.25) is 5.43 Å². The first-order chi connectivity index (χ1) is 7.90. The molecule has 0 saturated carbocycles. The highest BCUT2D eigenvalue weighted by Gasteiger charge is 2.27. The SMILES string of the molecule is CC(C)(C)Oc1c(-c2ccccc2)c(=O)c1=O. The smallest absolute Gasteiger partial charge is 0.268 e. The third-order valence-corrected chi connectivity index (χ3v) is 2.34. The number of hydrogen-bond donors (Lipinski definition) is 0. The summed E-state index contributed by atoms with van der Waals surface area (Å²) in [6, 6.07) is 9.11. The minimum absolute atomic E-state index is 0.189. The quantitative estimate of drug-likeness (QED) is 0.742. The van der Waals surface area contributed by atoms with Crippen molar-refractivity contribution in [3.63, 3.8) is 0 Å². The van der Waals surface area contributed by atoms with Crippen LogP contribution in [0.5, 0.6) is 5.75 Å². The molecule has 2 rings (SSSR count). The van der Waals surface area contributed by atoms with Crippen molar-refractivity contribution in [2.45, 2.75) is 26.4 Å². The van der Waals surface area contributed by atoms with E-state index in [9.17, 15) is 9.59 Å². The Bertz CT molecular complexity index is 596. The summed E-state index contributed by atoms with van der Waals surface area (Å²) in [4.78, 5) is 23.1. The van der Waals surface area contributed by atoms with Gasteiger partial charge in [-0.15, -0.1) is 0 Å². The van der Waals surface area contributed by atoms with Gasteiger partial charge < -0.3 is 4.74 Å². The van der Waals surface area contributed by atoms with E-state index in [1.807, 2.05) is 39.0 Å². The first-order valence-corrected chi connectivity index (χ1v) is 5.48. The average Bonchev–Trinajstić information content (AvgIpc) is 2.28. The number of rotatable bonds is 2. The maximum absolute atomic E-state index is 11.6. The molecule has 0 aliphatic heterocycles. The van der Waals surface area contributed by atoms with E-state index in [0.29, 0.717) is 5.56 Å². The second-order valence-corrected chi connectivity index (χ2v) is 4.94. The van der Waals surface area contributed by atoms with Crippen LogP contribution in [-0.4, -0.2) is 5.60 Å². The molecule has 0 spiro atoms. The van der Waals surface area contributed by atoms with E-state index in [-0.39, 0.29) is 5.75 Å². The van der Waals surface area contributed by atoms with Gasteiger partial charge in [0.15, 0.2) is 5.75 Å². The van der Waals surface area contributed by atoms with Gasteiger partial charge in [0.1, 0.15) is 5.60 Å². The molecule has 0 N–H and O–H groups in total. The molecule has 0 amide bonds. The van der Waals surface area contributed by atoms with Crippen molar-refractivity contribution in [1.29, 1.82) is 0 Å². The van der Waals surface area contributed by atoms with Crippen LogP contribution in [0, 0.1) is 0 Å². The van der Waals surface area contributed by atoms with Crippen molar-refractivity contribution in [3.05, 3.63) is 50.8 Å². The van der Waals surface area contributed by atoms with Crippen LogP contribution in [0.1, 0.15) is 20.8 Å². The molecular formula is C14H14O3. The fourth-order valence-corrected chi connectivity index (χ4v) is 1.64. The molecule has 0 aromatic heterocycles. The van der Waals surface area contributed by atoms with Crippen LogP contribution in [0.25, 0.3) is 11.1 Å². The molecule has 0 unspecified atom stereocenters. The minimum atomic E-state index is -0.529. The van der Waals surface area contributed by atoms with Gasteiger partial charge in [0.05, 0.1) is 5.56 Å². The van der Waals surface area contributed by atoms with Crippen molar-refractivity contribution in [3.8, 4) is 16.9 Å². The molecule has 0 atom stereocenters. The van der Waals surface area contributed by atoms with Gasteiger partial charge >= 0.3 is 0 Å². The Hall–Kier alpha value is -1.90. The fraction of sp³-hybridized carbons (Fsp3) is 0.286. The van der Waals surface area contributed by atoms with Gasteiger partial charge in [-0.3, -0.25) is 9.59 Å². The molecule has 0 fully saturated rings. The summed E-state index contributed by atoms with van der Waals surface area (Å²) in [6.07, 6.45) is 0. The third-order valence-electron chi connectivity index (χ3n) is 2.34. The lowest BCUT2D eigenvalue weighted by Crippen LogP contribution is -2.38. The number of hydrogen-bond acceptors (Lipinski definition) is 3. The third kappa shape index (κ3) is 2.13. The zero-order valence-corrected chi connectivity index (χ0v) is 10.1. The summed E-state index contributed by atoms with van der Waals surface area (Å²) >= 11 is 0. The normalized spacial score (nSPS) is 11.7. The van der Waals surface area contributed by atoms with E-state index in [2.05, 4.69) is 0 Å². The van der Waals surface area contributed by atoms with Crippen LogP contribution in [0.15, 0.2) is 39.9 Å². The van der Waals surface area contributed by atoms with Gasteiger partial charge in [-0.05, 0) is 26.3 Å². The Labute approximate surface area is 99.4 Å². The summed E-state index contributed by atoms with van der Waals surface area (Å²) in [6.45, 7) is 5.54. The molecule has 0 saturated heterocycles. The minimum Gasteiger partial charge on any atom is -0.483 e. The Morgan fingerprint density at radius 3 is 2.06 bits per heavy atom. The Morgan fingerprint density at radius 2 is 1.53 bits per heavy atom. The molecule has 2 aromatic carbocycles. The predicted octanol–water partition coefficient (Wildman–Crippen LogP) is 2.13. The maximum Gasteiger partial charge on any atom is 0.268 e. The maximum atomic E-state index is 11.6. The second kappa shape index (κ2) is 3.84. The van der Waals surface area contributed by atoms with Crippen LogP contribution in [0.4, 0.5) is 0 Å². The molecule has 17 heavy (non-hydrogen) atoms. The molecule has 88 valence electrons. The second-order valence-electron chi connectivity index (χ2n) is 4.94. The van der Waals surface area contributed by atoms with Crippen LogP contribution < -0.4 is 15.6 Å². The molecule has 2 aromatic rings. The van der Waals surface area contributed by atoms with Crippen molar-refractivity contribution in [1.82, 2.24) is 0 Å². The Balaban J connectivity index is 2.47. The lowest BCUT2D eigenvalue weighted by molar-refractivity contribution is 0.128.